The maximum atomic E-state index is 13.4. The van der Waals surface area contributed by atoms with E-state index in [0.717, 1.165) is 13.1 Å². The van der Waals surface area contributed by atoms with Crippen LogP contribution in [-0.2, 0) is 9.59 Å². The molecule has 0 spiro atoms. The average Bonchev–Trinajstić information content (AvgIpc) is 2.99. The van der Waals surface area contributed by atoms with E-state index in [-0.39, 0.29) is 23.7 Å². The molecule has 4 rings (SSSR count). The van der Waals surface area contributed by atoms with E-state index in [2.05, 4.69) is 30.0 Å². The highest BCUT2D eigenvalue weighted by Gasteiger charge is 2.43. The van der Waals surface area contributed by atoms with Crippen molar-refractivity contribution >= 4 is 23.1 Å². The van der Waals surface area contributed by atoms with E-state index in [1.807, 2.05) is 24.8 Å². The molecular formula is C24H26FN3O2. The number of nitrogens with zero attached hydrogens (tertiary/aromatic N) is 3. The first kappa shape index (κ1) is 20.1. The third-order valence-corrected chi connectivity index (χ3v) is 5.70. The number of hydrogen-bond acceptors (Lipinski definition) is 4. The van der Waals surface area contributed by atoms with Crippen molar-refractivity contribution in [2.45, 2.75) is 26.8 Å². The summed E-state index contributed by atoms with van der Waals surface area (Å²) >= 11 is 0. The Labute approximate surface area is 176 Å². The van der Waals surface area contributed by atoms with Gasteiger partial charge in [-0.25, -0.2) is 4.39 Å². The molecule has 6 heteroatoms. The van der Waals surface area contributed by atoms with Crippen LogP contribution in [0.4, 0.5) is 10.1 Å². The van der Waals surface area contributed by atoms with Crippen LogP contribution in [0.1, 0.15) is 25.0 Å². The number of hydrogen-bond donors (Lipinski definition) is 0. The van der Waals surface area contributed by atoms with Gasteiger partial charge in [0.05, 0.1) is 5.57 Å². The molecule has 0 N–H and O–H groups in total. The summed E-state index contributed by atoms with van der Waals surface area (Å²) in [7, 11) is 0. The van der Waals surface area contributed by atoms with Gasteiger partial charge in [0, 0.05) is 37.9 Å². The molecule has 0 atom stereocenters. The second-order valence-corrected chi connectivity index (χ2v) is 8.12. The lowest BCUT2D eigenvalue weighted by Crippen LogP contribution is -2.48. The zero-order valence-corrected chi connectivity index (χ0v) is 17.6. The smallest absolute Gasteiger partial charge is 0.278 e. The maximum absolute atomic E-state index is 13.4. The Bertz CT molecular complexity index is 1010. The van der Waals surface area contributed by atoms with E-state index in [1.165, 1.54) is 28.3 Å². The van der Waals surface area contributed by atoms with Crippen LogP contribution in [0.15, 0.2) is 54.2 Å². The molecule has 2 aliphatic rings. The van der Waals surface area contributed by atoms with Gasteiger partial charge in [-0.3, -0.25) is 14.5 Å². The van der Waals surface area contributed by atoms with Crippen molar-refractivity contribution in [3.63, 3.8) is 0 Å². The summed E-state index contributed by atoms with van der Waals surface area (Å²) < 4.78 is 13.4. The molecule has 2 aromatic carbocycles. The number of carbonyl (C=O) groups is 2. The fourth-order valence-electron chi connectivity index (χ4n) is 4.19. The molecule has 30 heavy (non-hydrogen) atoms. The van der Waals surface area contributed by atoms with Crippen molar-refractivity contribution in [1.29, 1.82) is 0 Å². The molecule has 1 fully saturated rings. The first-order chi connectivity index (χ1) is 14.4. The molecule has 0 bridgehead atoms. The Kier molecular flexibility index (Phi) is 5.33. The molecule has 156 valence electrons. The van der Waals surface area contributed by atoms with E-state index >= 15 is 0 Å². The highest BCUT2D eigenvalue weighted by Crippen LogP contribution is 2.33. The van der Waals surface area contributed by atoms with Crippen LogP contribution in [0.25, 0.3) is 5.57 Å². The van der Waals surface area contributed by atoms with Crippen LogP contribution < -0.4 is 4.90 Å². The molecule has 0 aromatic heterocycles. The van der Waals surface area contributed by atoms with Gasteiger partial charge in [-0.15, -0.1) is 0 Å². The van der Waals surface area contributed by atoms with Crippen LogP contribution in [0.2, 0.25) is 0 Å². The van der Waals surface area contributed by atoms with Gasteiger partial charge < -0.3 is 9.80 Å². The second kappa shape index (κ2) is 7.94. The highest BCUT2D eigenvalue weighted by molar-refractivity contribution is 6.35. The summed E-state index contributed by atoms with van der Waals surface area (Å²) in [5.41, 5.74) is 3.76. The largest absolute Gasteiger partial charge is 0.368 e. The molecule has 0 unspecified atom stereocenters. The lowest BCUT2D eigenvalue weighted by molar-refractivity contribution is -0.139. The minimum atomic E-state index is -0.370. The van der Waals surface area contributed by atoms with E-state index in [4.69, 9.17) is 0 Å². The molecule has 2 aromatic rings. The minimum absolute atomic E-state index is 0.244. The number of anilines is 1. The van der Waals surface area contributed by atoms with Crippen LogP contribution in [-0.4, -0.2) is 53.8 Å². The highest BCUT2D eigenvalue weighted by atomic mass is 19.1. The van der Waals surface area contributed by atoms with Crippen LogP contribution in [0.5, 0.6) is 0 Å². The number of aryl methyl sites for hydroxylation is 1. The first-order valence-electron chi connectivity index (χ1n) is 10.3. The second-order valence-electron chi connectivity index (χ2n) is 8.12. The maximum Gasteiger partial charge on any atom is 0.278 e. The van der Waals surface area contributed by atoms with Crippen LogP contribution >= 0.6 is 0 Å². The van der Waals surface area contributed by atoms with Gasteiger partial charge in [-0.2, -0.15) is 0 Å². The van der Waals surface area contributed by atoms with Gasteiger partial charge in [0.15, 0.2) is 0 Å². The van der Waals surface area contributed by atoms with Crippen molar-refractivity contribution in [1.82, 2.24) is 9.80 Å². The van der Waals surface area contributed by atoms with Crippen molar-refractivity contribution in [2.75, 3.05) is 31.1 Å². The SMILES string of the molecule is Cc1cccc(N2CCN(C3=C(c4ccc(F)cc4)C(=O)N(C(C)C)C3=O)CC2)c1. The van der Waals surface area contributed by atoms with Crippen molar-refractivity contribution < 1.29 is 14.0 Å². The van der Waals surface area contributed by atoms with Crippen molar-refractivity contribution in [3.05, 3.63) is 71.2 Å². The van der Waals surface area contributed by atoms with Crippen LogP contribution in [0.3, 0.4) is 0 Å². The van der Waals surface area contributed by atoms with Crippen LogP contribution in [0, 0.1) is 12.7 Å². The molecule has 2 amide bonds. The van der Waals surface area contributed by atoms with Crippen molar-refractivity contribution in [2.24, 2.45) is 0 Å². The number of rotatable bonds is 4. The zero-order valence-electron chi connectivity index (χ0n) is 17.6. The van der Waals surface area contributed by atoms with Gasteiger partial charge in [-0.05, 0) is 56.2 Å². The van der Waals surface area contributed by atoms with E-state index in [0.29, 0.717) is 29.9 Å². The summed E-state index contributed by atoms with van der Waals surface area (Å²) in [5.74, 6) is -0.943. The Balaban J connectivity index is 1.65. The Morgan fingerprint density at radius 3 is 2.10 bits per heavy atom. The fraction of sp³-hybridized carbons (Fsp3) is 0.333. The third kappa shape index (κ3) is 3.58. The molecule has 5 nitrogen and oxygen atoms in total. The fourth-order valence-corrected chi connectivity index (χ4v) is 4.19. The monoisotopic (exact) mass is 407 g/mol. The molecule has 2 heterocycles. The van der Waals surface area contributed by atoms with Gasteiger partial charge >= 0.3 is 0 Å². The molecule has 0 radical (unpaired) electrons. The lowest BCUT2D eigenvalue weighted by atomic mass is 10.0. The number of halogens is 1. The first-order valence-corrected chi connectivity index (χ1v) is 10.3. The predicted molar refractivity (Wildman–Crippen MR) is 115 cm³/mol. The molecule has 1 saturated heterocycles. The summed E-state index contributed by atoms with van der Waals surface area (Å²) in [4.78, 5) is 32.0. The number of amides is 2. The average molecular weight is 407 g/mol. The normalized spacial score (nSPS) is 17.6. The van der Waals surface area contributed by atoms with Gasteiger partial charge in [0.25, 0.3) is 11.8 Å². The van der Waals surface area contributed by atoms with Crippen molar-refractivity contribution in [3.8, 4) is 0 Å². The zero-order chi connectivity index (χ0) is 21.4. The van der Waals surface area contributed by atoms with Gasteiger partial charge in [-0.1, -0.05) is 24.3 Å². The molecular weight excluding hydrogens is 381 g/mol. The Morgan fingerprint density at radius 2 is 1.50 bits per heavy atom. The Hall–Kier alpha value is -3.15. The van der Waals surface area contributed by atoms with Gasteiger partial charge in [0.2, 0.25) is 0 Å². The number of imide groups is 1. The number of carbonyl (C=O) groups excluding carboxylic acids is 2. The predicted octanol–water partition coefficient (Wildman–Crippen LogP) is 3.44. The summed E-state index contributed by atoms with van der Waals surface area (Å²) in [5, 5.41) is 0. The minimum Gasteiger partial charge on any atom is -0.368 e. The quantitative estimate of drug-likeness (QED) is 0.729. The van der Waals surface area contributed by atoms with Gasteiger partial charge in [0.1, 0.15) is 11.5 Å². The number of benzene rings is 2. The standard InChI is InChI=1S/C24H26FN3O2/c1-16(2)28-23(29)21(18-7-9-19(25)10-8-18)22(24(28)30)27-13-11-26(12-14-27)20-6-4-5-17(3)15-20/h4-10,15-16H,11-14H2,1-3H3. The number of piperazine rings is 1. The lowest BCUT2D eigenvalue weighted by Gasteiger charge is -2.38. The summed E-state index contributed by atoms with van der Waals surface area (Å²) in [6.07, 6.45) is 0. The Morgan fingerprint density at radius 1 is 0.867 bits per heavy atom. The molecule has 0 aliphatic carbocycles. The summed E-state index contributed by atoms with van der Waals surface area (Å²) in [6, 6.07) is 13.9. The van der Waals surface area contributed by atoms with E-state index in [1.54, 1.807) is 12.1 Å². The van der Waals surface area contributed by atoms with E-state index < -0.39 is 0 Å². The molecule has 2 aliphatic heterocycles. The topological polar surface area (TPSA) is 43.9 Å². The summed E-state index contributed by atoms with van der Waals surface area (Å²) in [6.45, 7) is 8.52. The molecule has 0 saturated carbocycles. The third-order valence-electron chi connectivity index (χ3n) is 5.70. The van der Waals surface area contributed by atoms with E-state index in [9.17, 15) is 14.0 Å².